The number of hydrogen-bond acceptors (Lipinski definition) is 4. The van der Waals surface area contributed by atoms with Crippen molar-refractivity contribution in [3.63, 3.8) is 0 Å². The van der Waals surface area contributed by atoms with Crippen molar-refractivity contribution in [2.45, 2.75) is 19.0 Å². The van der Waals surface area contributed by atoms with Crippen LogP contribution in [-0.4, -0.2) is 60.0 Å². The molecule has 0 aromatic carbocycles. The van der Waals surface area contributed by atoms with E-state index in [2.05, 4.69) is 25.9 Å². The summed E-state index contributed by atoms with van der Waals surface area (Å²) in [7, 11) is 3.34. The Morgan fingerprint density at radius 1 is 1.40 bits per heavy atom. The van der Waals surface area contributed by atoms with Crippen LogP contribution in [0.5, 0.6) is 0 Å². The number of rotatable bonds is 4. The zero-order valence-electron chi connectivity index (χ0n) is 11.7. The van der Waals surface area contributed by atoms with E-state index in [1.54, 1.807) is 20.4 Å². The third-order valence-electron chi connectivity index (χ3n) is 3.15. The summed E-state index contributed by atoms with van der Waals surface area (Å²) in [6, 6.07) is -0.438. The molecule has 110 valence electrons. The van der Waals surface area contributed by atoms with Gasteiger partial charge >= 0.3 is 6.03 Å². The highest BCUT2D eigenvalue weighted by molar-refractivity contribution is 5.82. The maximum absolute atomic E-state index is 12.0. The van der Waals surface area contributed by atoms with Gasteiger partial charge in [0.15, 0.2) is 0 Å². The van der Waals surface area contributed by atoms with E-state index in [-0.39, 0.29) is 18.0 Å². The predicted octanol–water partition coefficient (Wildman–Crippen LogP) is -1.19. The summed E-state index contributed by atoms with van der Waals surface area (Å²) in [5.74, 6) is -0.0715. The van der Waals surface area contributed by atoms with Crippen LogP contribution in [0.25, 0.3) is 0 Å². The van der Waals surface area contributed by atoms with Crippen molar-refractivity contribution >= 4 is 11.9 Å². The van der Waals surface area contributed by atoms with Crippen LogP contribution in [0.2, 0.25) is 0 Å². The molecule has 0 radical (unpaired) electrons. The molecule has 1 aliphatic heterocycles. The molecule has 1 aliphatic rings. The average Bonchev–Trinajstić information content (AvgIpc) is 2.90. The van der Waals surface area contributed by atoms with Crippen LogP contribution < -0.4 is 16.0 Å². The number of carbonyl (C=O) groups excluding carboxylic acids is 2. The van der Waals surface area contributed by atoms with Gasteiger partial charge < -0.3 is 20.5 Å². The van der Waals surface area contributed by atoms with Gasteiger partial charge in [0.25, 0.3) is 0 Å². The van der Waals surface area contributed by atoms with Crippen LogP contribution in [0.15, 0.2) is 6.33 Å². The van der Waals surface area contributed by atoms with E-state index in [1.807, 2.05) is 0 Å². The molecule has 8 heteroatoms. The van der Waals surface area contributed by atoms with Gasteiger partial charge in [-0.15, -0.1) is 0 Å². The molecule has 0 fully saturated rings. The molecule has 1 aromatic rings. The van der Waals surface area contributed by atoms with Gasteiger partial charge in [0.2, 0.25) is 5.91 Å². The van der Waals surface area contributed by atoms with Crippen LogP contribution in [0, 0.1) is 0 Å². The highest BCUT2D eigenvalue weighted by Crippen LogP contribution is 2.11. The SMILES string of the molecule is CN(C)C(=O)NCCNC(=O)C1Cc2nc[nH]c2CN1. The van der Waals surface area contributed by atoms with Gasteiger partial charge in [-0.1, -0.05) is 0 Å². The minimum atomic E-state index is -0.268. The zero-order chi connectivity index (χ0) is 14.5. The maximum Gasteiger partial charge on any atom is 0.316 e. The minimum Gasteiger partial charge on any atom is -0.353 e. The second kappa shape index (κ2) is 6.38. The second-order valence-corrected chi connectivity index (χ2v) is 4.88. The first-order valence-corrected chi connectivity index (χ1v) is 6.55. The van der Waals surface area contributed by atoms with Crippen molar-refractivity contribution in [1.29, 1.82) is 0 Å². The minimum absolute atomic E-state index is 0.0715. The summed E-state index contributed by atoms with van der Waals surface area (Å²) in [5.41, 5.74) is 1.97. The molecule has 0 saturated carbocycles. The van der Waals surface area contributed by atoms with Gasteiger partial charge in [0.05, 0.1) is 23.8 Å². The molecule has 3 amide bonds. The molecule has 0 aliphatic carbocycles. The van der Waals surface area contributed by atoms with E-state index >= 15 is 0 Å². The van der Waals surface area contributed by atoms with Crippen LogP contribution >= 0.6 is 0 Å². The normalized spacial score (nSPS) is 17.2. The van der Waals surface area contributed by atoms with Gasteiger partial charge in [-0.2, -0.15) is 0 Å². The van der Waals surface area contributed by atoms with Crippen molar-refractivity contribution in [1.82, 2.24) is 30.8 Å². The Balaban J connectivity index is 1.70. The lowest BCUT2D eigenvalue weighted by molar-refractivity contribution is -0.123. The number of aromatic amines is 1. The van der Waals surface area contributed by atoms with E-state index in [1.165, 1.54) is 4.90 Å². The third kappa shape index (κ3) is 3.47. The van der Waals surface area contributed by atoms with E-state index in [0.29, 0.717) is 26.1 Å². The van der Waals surface area contributed by atoms with Crippen molar-refractivity contribution in [3.05, 3.63) is 17.7 Å². The molecule has 1 atom stereocenters. The third-order valence-corrected chi connectivity index (χ3v) is 3.15. The van der Waals surface area contributed by atoms with Gasteiger partial charge in [-0.3, -0.25) is 10.1 Å². The lowest BCUT2D eigenvalue weighted by Crippen LogP contribution is -2.49. The van der Waals surface area contributed by atoms with E-state index < -0.39 is 0 Å². The topological polar surface area (TPSA) is 102 Å². The summed E-state index contributed by atoms with van der Waals surface area (Å²) in [6.07, 6.45) is 2.22. The molecule has 8 nitrogen and oxygen atoms in total. The first-order valence-electron chi connectivity index (χ1n) is 6.55. The number of H-pyrrole nitrogens is 1. The van der Waals surface area contributed by atoms with Gasteiger partial charge in [0.1, 0.15) is 0 Å². The Bertz CT molecular complexity index is 484. The molecule has 1 aromatic heterocycles. The second-order valence-electron chi connectivity index (χ2n) is 4.88. The van der Waals surface area contributed by atoms with Gasteiger partial charge in [0, 0.05) is 40.2 Å². The summed E-state index contributed by atoms with van der Waals surface area (Å²) in [4.78, 5) is 31.9. The van der Waals surface area contributed by atoms with Gasteiger partial charge in [-0.25, -0.2) is 9.78 Å². The summed E-state index contributed by atoms with van der Waals surface area (Å²) in [6.45, 7) is 1.43. The van der Waals surface area contributed by atoms with Crippen molar-refractivity contribution in [2.75, 3.05) is 27.2 Å². The summed E-state index contributed by atoms with van der Waals surface area (Å²) in [5, 5.41) is 8.63. The molecular weight excluding hydrogens is 260 g/mol. The van der Waals surface area contributed by atoms with E-state index in [4.69, 9.17) is 0 Å². The quantitative estimate of drug-likeness (QED) is 0.521. The standard InChI is InChI=1S/C12H20N6O2/c1-18(2)12(20)14-4-3-13-11(19)9-5-8-10(6-15-9)17-7-16-8/h7,9,15H,3-6H2,1-2H3,(H,13,19)(H,14,20)(H,16,17). The van der Waals surface area contributed by atoms with Crippen LogP contribution in [-0.2, 0) is 17.8 Å². The molecule has 0 saturated heterocycles. The Morgan fingerprint density at radius 3 is 2.90 bits per heavy atom. The number of urea groups is 1. The maximum atomic E-state index is 12.0. The number of aromatic nitrogens is 2. The number of imidazole rings is 1. The monoisotopic (exact) mass is 280 g/mol. The van der Waals surface area contributed by atoms with Crippen LogP contribution in [0.4, 0.5) is 4.79 Å². The molecular formula is C12H20N6O2. The Hall–Kier alpha value is -2.09. The Labute approximate surface area is 117 Å². The van der Waals surface area contributed by atoms with Crippen molar-refractivity contribution in [3.8, 4) is 0 Å². The number of carbonyl (C=O) groups is 2. The van der Waals surface area contributed by atoms with Crippen LogP contribution in [0.1, 0.15) is 11.4 Å². The number of hydrogen-bond donors (Lipinski definition) is 4. The highest BCUT2D eigenvalue weighted by atomic mass is 16.2. The number of fused-ring (bicyclic) bond motifs is 1. The van der Waals surface area contributed by atoms with E-state index in [0.717, 1.165) is 11.4 Å². The average molecular weight is 280 g/mol. The van der Waals surface area contributed by atoms with Crippen LogP contribution in [0.3, 0.4) is 0 Å². The summed E-state index contributed by atoms with van der Waals surface area (Å²) < 4.78 is 0. The zero-order valence-corrected chi connectivity index (χ0v) is 11.7. The fraction of sp³-hybridized carbons (Fsp3) is 0.583. The number of nitrogens with zero attached hydrogens (tertiary/aromatic N) is 2. The molecule has 20 heavy (non-hydrogen) atoms. The van der Waals surface area contributed by atoms with Gasteiger partial charge in [-0.05, 0) is 0 Å². The number of amides is 3. The number of nitrogens with one attached hydrogen (secondary N) is 4. The Morgan fingerprint density at radius 2 is 2.15 bits per heavy atom. The first-order chi connectivity index (χ1) is 9.58. The van der Waals surface area contributed by atoms with E-state index in [9.17, 15) is 9.59 Å². The largest absolute Gasteiger partial charge is 0.353 e. The lowest BCUT2D eigenvalue weighted by Gasteiger charge is -2.22. The fourth-order valence-corrected chi connectivity index (χ4v) is 1.99. The summed E-state index contributed by atoms with van der Waals surface area (Å²) >= 11 is 0. The molecule has 2 heterocycles. The first kappa shape index (κ1) is 14.3. The highest BCUT2D eigenvalue weighted by Gasteiger charge is 2.25. The predicted molar refractivity (Wildman–Crippen MR) is 73.0 cm³/mol. The fourth-order valence-electron chi connectivity index (χ4n) is 1.99. The van der Waals surface area contributed by atoms with Crippen molar-refractivity contribution in [2.24, 2.45) is 0 Å². The lowest BCUT2D eigenvalue weighted by atomic mass is 10.0. The molecule has 2 rings (SSSR count). The van der Waals surface area contributed by atoms with Crippen molar-refractivity contribution < 1.29 is 9.59 Å². The Kier molecular flexibility index (Phi) is 4.57. The molecule has 4 N–H and O–H groups in total. The molecule has 1 unspecified atom stereocenters. The smallest absolute Gasteiger partial charge is 0.316 e. The molecule has 0 bridgehead atoms. The molecule has 0 spiro atoms.